The Balaban J connectivity index is 1.55. The Morgan fingerprint density at radius 2 is 1.59 bits per heavy atom. The van der Waals surface area contributed by atoms with E-state index in [1.54, 1.807) is 0 Å². The molecule has 0 spiro atoms. The van der Waals surface area contributed by atoms with E-state index in [0.29, 0.717) is 12.1 Å². The van der Waals surface area contributed by atoms with Crippen molar-refractivity contribution in [1.82, 2.24) is 10.2 Å². The van der Waals surface area contributed by atoms with Crippen LogP contribution in [0.1, 0.15) is 58.9 Å². The summed E-state index contributed by atoms with van der Waals surface area (Å²) in [7, 11) is 0. The molecule has 2 amide bonds. The summed E-state index contributed by atoms with van der Waals surface area (Å²) < 4.78 is 0. The summed E-state index contributed by atoms with van der Waals surface area (Å²) in [6.45, 7) is 4.48. The zero-order chi connectivity index (χ0) is 22.5. The van der Waals surface area contributed by atoms with E-state index < -0.39 is 0 Å². The molecule has 0 aromatic heterocycles. The Labute approximate surface area is 190 Å². The Kier molecular flexibility index (Phi) is 6.69. The van der Waals surface area contributed by atoms with Crippen molar-refractivity contribution in [2.45, 2.75) is 38.8 Å². The number of nitrogens with zero attached hydrogens (tertiary/aromatic N) is 1. The van der Waals surface area contributed by atoms with Crippen LogP contribution in [-0.2, 0) is 4.79 Å². The zero-order valence-electron chi connectivity index (χ0n) is 18.7. The molecule has 4 rings (SSSR count). The molecule has 1 fully saturated rings. The number of likely N-dealkylation sites (tertiary alicyclic amines) is 1. The second kappa shape index (κ2) is 9.82. The monoisotopic (exact) mass is 426 g/mol. The van der Waals surface area contributed by atoms with E-state index in [9.17, 15) is 9.59 Å². The highest BCUT2D eigenvalue weighted by Crippen LogP contribution is 2.35. The van der Waals surface area contributed by atoms with Gasteiger partial charge in [-0.15, -0.1) is 0 Å². The fraction of sp³-hybridized carbons (Fsp3) is 0.286. The van der Waals surface area contributed by atoms with Gasteiger partial charge in [0.15, 0.2) is 0 Å². The summed E-state index contributed by atoms with van der Waals surface area (Å²) >= 11 is 0. The molecule has 32 heavy (non-hydrogen) atoms. The lowest BCUT2D eigenvalue weighted by molar-refractivity contribution is -0.127. The van der Waals surface area contributed by atoms with Gasteiger partial charge >= 0.3 is 0 Å². The molecule has 0 radical (unpaired) electrons. The Morgan fingerprint density at radius 3 is 2.28 bits per heavy atom. The fourth-order valence-corrected chi connectivity index (χ4v) is 4.54. The standard InChI is InChI=1S/C28H30N2O2/c1-20-10-9-15-24(18-20)26-17-16-25(19-30(26)28(32)23-13-7-4-8-14-23)27(31)29-21(2)22-11-5-3-6-12-22/h3-15,18,21,25-26H,16-17,19H2,1-2H3,(H,29,31). The molecule has 3 aromatic rings. The van der Waals surface area contributed by atoms with Crippen molar-refractivity contribution in [1.29, 1.82) is 0 Å². The Morgan fingerprint density at radius 1 is 0.906 bits per heavy atom. The van der Waals surface area contributed by atoms with Gasteiger partial charge in [-0.05, 0) is 49.9 Å². The summed E-state index contributed by atoms with van der Waals surface area (Å²) in [4.78, 5) is 28.5. The molecule has 0 bridgehead atoms. The largest absolute Gasteiger partial charge is 0.349 e. The van der Waals surface area contributed by atoms with E-state index >= 15 is 0 Å². The third-order valence-corrected chi connectivity index (χ3v) is 6.32. The number of aryl methyl sites for hydroxylation is 1. The molecule has 1 heterocycles. The molecule has 3 unspecified atom stereocenters. The van der Waals surface area contributed by atoms with Gasteiger partial charge in [0.05, 0.1) is 18.0 Å². The van der Waals surface area contributed by atoms with E-state index in [1.165, 1.54) is 5.56 Å². The second-order valence-corrected chi connectivity index (χ2v) is 8.67. The lowest BCUT2D eigenvalue weighted by atomic mass is 9.87. The summed E-state index contributed by atoms with van der Waals surface area (Å²) in [5.41, 5.74) is 4.03. The zero-order valence-corrected chi connectivity index (χ0v) is 18.7. The molecule has 0 aliphatic carbocycles. The molecule has 1 N–H and O–H groups in total. The van der Waals surface area contributed by atoms with Gasteiger partial charge in [-0.2, -0.15) is 0 Å². The molecule has 164 valence electrons. The van der Waals surface area contributed by atoms with Crippen LogP contribution in [0.2, 0.25) is 0 Å². The first kappa shape index (κ1) is 21.8. The third kappa shape index (κ3) is 4.91. The molecule has 1 aliphatic heterocycles. The lowest BCUT2D eigenvalue weighted by Gasteiger charge is -2.40. The SMILES string of the molecule is Cc1cccc(C2CCC(C(=O)NC(C)c3ccccc3)CN2C(=O)c2ccccc2)c1. The number of carbonyl (C=O) groups is 2. The van der Waals surface area contributed by atoms with Crippen LogP contribution in [-0.4, -0.2) is 23.3 Å². The maximum atomic E-state index is 13.5. The number of amides is 2. The van der Waals surface area contributed by atoms with Gasteiger partial charge < -0.3 is 10.2 Å². The van der Waals surface area contributed by atoms with Crippen LogP contribution in [0.4, 0.5) is 0 Å². The summed E-state index contributed by atoms with van der Waals surface area (Å²) in [5.74, 6) is -0.240. The quantitative estimate of drug-likeness (QED) is 0.588. The molecule has 3 atom stereocenters. The van der Waals surface area contributed by atoms with Crippen LogP contribution in [0.3, 0.4) is 0 Å². The minimum absolute atomic E-state index is 0.00917. The van der Waals surface area contributed by atoms with Crippen LogP contribution < -0.4 is 5.32 Å². The van der Waals surface area contributed by atoms with Crippen molar-refractivity contribution in [2.24, 2.45) is 5.92 Å². The molecule has 4 heteroatoms. The second-order valence-electron chi connectivity index (χ2n) is 8.67. The normalized spacial score (nSPS) is 19.2. The molecule has 4 nitrogen and oxygen atoms in total. The van der Waals surface area contributed by atoms with Crippen LogP contribution in [0.25, 0.3) is 0 Å². The van der Waals surface area contributed by atoms with Gasteiger partial charge in [0.1, 0.15) is 0 Å². The Hall–Kier alpha value is -3.40. The van der Waals surface area contributed by atoms with Crippen molar-refractivity contribution >= 4 is 11.8 Å². The number of hydrogen-bond acceptors (Lipinski definition) is 2. The average molecular weight is 427 g/mol. The molecule has 1 saturated heterocycles. The topological polar surface area (TPSA) is 49.4 Å². The number of piperidine rings is 1. The fourth-order valence-electron chi connectivity index (χ4n) is 4.54. The highest BCUT2D eigenvalue weighted by molar-refractivity contribution is 5.95. The third-order valence-electron chi connectivity index (χ3n) is 6.32. The van der Waals surface area contributed by atoms with Crippen LogP contribution in [0, 0.1) is 12.8 Å². The summed E-state index contributed by atoms with van der Waals surface area (Å²) in [5, 5.41) is 3.15. The lowest BCUT2D eigenvalue weighted by Crippen LogP contribution is -2.47. The number of benzene rings is 3. The first-order valence-electron chi connectivity index (χ1n) is 11.3. The maximum absolute atomic E-state index is 13.5. The number of carbonyl (C=O) groups excluding carboxylic acids is 2. The van der Waals surface area contributed by atoms with Gasteiger partial charge in [-0.25, -0.2) is 0 Å². The predicted molar refractivity (Wildman–Crippen MR) is 127 cm³/mol. The van der Waals surface area contributed by atoms with E-state index in [2.05, 4.69) is 30.4 Å². The molecular formula is C28H30N2O2. The summed E-state index contributed by atoms with van der Waals surface area (Å²) in [6.07, 6.45) is 1.52. The maximum Gasteiger partial charge on any atom is 0.254 e. The summed E-state index contributed by atoms with van der Waals surface area (Å²) in [6, 6.07) is 27.6. The molecular weight excluding hydrogens is 396 g/mol. The Bertz CT molecular complexity index is 1070. The first-order valence-corrected chi connectivity index (χ1v) is 11.3. The van der Waals surface area contributed by atoms with Crippen molar-refractivity contribution in [3.8, 4) is 0 Å². The van der Waals surface area contributed by atoms with Crippen molar-refractivity contribution in [2.75, 3.05) is 6.54 Å². The van der Waals surface area contributed by atoms with Gasteiger partial charge in [-0.3, -0.25) is 9.59 Å². The average Bonchev–Trinajstić information content (AvgIpc) is 2.84. The minimum atomic E-state index is -0.227. The van der Waals surface area contributed by atoms with E-state index in [0.717, 1.165) is 24.0 Å². The predicted octanol–water partition coefficient (Wildman–Crippen LogP) is 5.47. The van der Waals surface area contributed by atoms with Crippen molar-refractivity contribution in [3.05, 3.63) is 107 Å². The minimum Gasteiger partial charge on any atom is -0.349 e. The van der Waals surface area contributed by atoms with Crippen LogP contribution in [0.5, 0.6) is 0 Å². The molecule has 3 aromatic carbocycles. The number of hydrogen-bond donors (Lipinski definition) is 1. The first-order chi connectivity index (χ1) is 15.5. The molecule has 1 aliphatic rings. The van der Waals surface area contributed by atoms with Crippen molar-refractivity contribution < 1.29 is 9.59 Å². The van der Waals surface area contributed by atoms with Crippen LogP contribution >= 0.6 is 0 Å². The molecule has 0 saturated carbocycles. The van der Waals surface area contributed by atoms with Crippen LogP contribution in [0.15, 0.2) is 84.9 Å². The smallest absolute Gasteiger partial charge is 0.254 e. The van der Waals surface area contributed by atoms with Gasteiger partial charge in [0.25, 0.3) is 5.91 Å². The highest BCUT2D eigenvalue weighted by Gasteiger charge is 2.36. The van der Waals surface area contributed by atoms with Gasteiger partial charge in [0, 0.05) is 12.1 Å². The van der Waals surface area contributed by atoms with Gasteiger partial charge in [0.2, 0.25) is 5.91 Å². The van der Waals surface area contributed by atoms with E-state index in [1.807, 2.05) is 78.6 Å². The highest BCUT2D eigenvalue weighted by atomic mass is 16.2. The van der Waals surface area contributed by atoms with E-state index in [-0.39, 0.29) is 29.8 Å². The van der Waals surface area contributed by atoms with Gasteiger partial charge in [-0.1, -0.05) is 78.4 Å². The van der Waals surface area contributed by atoms with Crippen molar-refractivity contribution in [3.63, 3.8) is 0 Å². The van der Waals surface area contributed by atoms with E-state index in [4.69, 9.17) is 0 Å². The number of rotatable bonds is 5. The number of nitrogens with one attached hydrogen (secondary N) is 1.